The van der Waals surface area contributed by atoms with Gasteiger partial charge in [-0.1, -0.05) is 12.2 Å². The van der Waals surface area contributed by atoms with Gasteiger partial charge in [0.2, 0.25) is 10.0 Å². The van der Waals surface area contributed by atoms with Crippen molar-refractivity contribution in [3.8, 4) is 0 Å². The Bertz CT molecular complexity index is 615. The van der Waals surface area contributed by atoms with E-state index in [1.165, 1.54) is 0 Å². The van der Waals surface area contributed by atoms with Gasteiger partial charge in [-0.05, 0) is 37.0 Å². The van der Waals surface area contributed by atoms with E-state index in [2.05, 4.69) is 4.72 Å². The summed E-state index contributed by atoms with van der Waals surface area (Å²) in [6.45, 7) is 0. The van der Waals surface area contributed by atoms with Crippen molar-refractivity contribution in [3.63, 3.8) is 0 Å². The van der Waals surface area contributed by atoms with Gasteiger partial charge in [0.05, 0.1) is 15.9 Å². The average Bonchev–Trinajstić information content (AvgIpc) is 3.13. The van der Waals surface area contributed by atoms with E-state index in [1.54, 1.807) is 0 Å². The van der Waals surface area contributed by atoms with E-state index in [-0.39, 0.29) is 15.8 Å². The van der Waals surface area contributed by atoms with Gasteiger partial charge >= 0.3 is 0 Å². The maximum Gasteiger partial charge on any atom is 0.241 e. The van der Waals surface area contributed by atoms with Gasteiger partial charge in [-0.3, -0.25) is 0 Å². The Morgan fingerprint density at radius 3 is 2.47 bits per heavy atom. The van der Waals surface area contributed by atoms with Crippen LogP contribution >= 0.6 is 12.2 Å². The smallest absolute Gasteiger partial charge is 0.241 e. The molecule has 0 radical (unpaired) electrons. The third-order valence-electron chi connectivity index (χ3n) is 2.88. The number of thiocarbonyl (C=S) groups is 1. The van der Waals surface area contributed by atoms with E-state index in [4.69, 9.17) is 18.0 Å². The third kappa shape index (κ3) is 3.26. The molecule has 2 rings (SSSR count). The van der Waals surface area contributed by atoms with Gasteiger partial charge < -0.3 is 5.73 Å². The van der Waals surface area contributed by atoms with Crippen molar-refractivity contribution in [3.05, 3.63) is 29.8 Å². The Balaban J connectivity index is 2.26. The molecule has 104 valence electrons. The average molecular weight is 306 g/mol. The molecule has 1 aliphatic carbocycles. The second kappa shape index (κ2) is 5.10. The summed E-state index contributed by atoms with van der Waals surface area (Å²) in [4.78, 5) is -0.304. The van der Waals surface area contributed by atoms with Crippen molar-refractivity contribution < 1.29 is 17.2 Å². The number of halogens is 2. The molecule has 1 fully saturated rings. The van der Waals surface area contributed by atoms with Crippen molar-refractivity contribution in [1.82, 2.24) is 4.72 Å². The van der Waals surface area contributed by atoms with Gasteiger partial charge in [0.15, 0.2) is 11.6 Å². The minimum Gasteiger partial charge on any atom is -0.392 e. The van der Waals surface area contributed by atoms with Crippen molar-refractivity contribution >= 4 is 27.2 Å². The molecule has 1 aliphatic rings. The lowest BCUT2D eigenvalue weighted by Gasteiger charge is -2.16. The minimum absolute atomic E-state index is 0.0497. The first kappa shape index (κ1) is 14.3. The largest absolute Gasteiger partial charge is 0.392 e. The highest BCUT2D eigenvalue weighted by Crippen LogP contribution is 2.33. The van der Waals surface area contributed by atoms with E-state index in [1.807, 2.05) is 0 Å². The van der Waals surface area contributed by atoms with E-state index in [0.717, 1.165) is 25.0 Å². The van der Waals surface area contributed by atoms with Crippen LogP contribution in [0.2, 0.25) is 0 Å². The van der Waals surface area contributed by atoms with E-state index in [0.29, 0.717) is 6.07 Å². The molecule has 3 N–H and O–H groups in total. The van der Waals surface area contributed by atoms with E-state index in [9.17, 15) is 17.2 Å². The molecule has 0 aromatic heterocycles. The van der Waals surface area contributed by atoms with Crippen LogP contribution in [0.1, 0.15) is 12.8 Å². The molecule has 0 spiro atoms. The summed E-state index contributed by atoms with van der Waals surface area (Å²) in [6, 6.07) is 1.73. The Morgan fingerprint density at radius 1 is 1.37 bits per heavy atom. The molecule has 0 aliphatic heterocycles. The quantitative estimate of drug-likeness (QED) is 0.805. The second-order valence-electron chi connectivity index (χ2n) is 4.41. The number of rotatable bonds is 5. The zero-order valence-corrected chi connectivity index (χ0v) is 11.4. The molecule has 1 saturated carbocycles. The highest BCUT2D eigenvalue weighted by Gasteiger charge is 2.36. The van der Waals surface area contributed by atoms with Crippen molar-refractivity contribution in [1.29, 1.82) is 0 Å². The molecule has 19 heavy (non-hydrogen) atoms. The fraction of sp³-hybridized carbons (Fsp3) is 0.364. The lowest BCUT2D eigenvalue weighted by atomic mass is 10.2. The zero-order valence-electron chi connectivity index (χ0n) is 9.77. The van der Waals surface area contributed by atoms with Crippen LogP contribution in [0.5, 0.6) is 0 Å². The zero-order chi connectivity index (χ0) is 14.2. The topological polar surface area (TPSA) is 72.2 Å². The minimum atomic E-state index is -3.97. The predicted octanol–water partition coefficient (Wildman–Crippen LogP) is 1.31. The SMILES string of the molecule is NC(=S)C(NS(=O)(=O)c1ccc(F)c(F)c1)C1CC1. The lowest BCUT2D eigenvalue weighted by Crippen LogP contribution is -2.44. The van der Waals surface area contributed by atoms with Gasteiger partial charge in [-0.15, -0.1) is 0 Å². The first-order valence-corrected chi connectivity index (χ1v) is 7.47. The summed E-state index contributed by atoms with van der Waals surface area (Å²) in [6.07, 6.45) is 1.67. The van der Waals surface area contributed by atoms with Crippen LogP contribution in [0, 0.1) is 17.6 Å². The van der Waals surface area contributed by atoms with E-state index >= 15 is 0 Å². The summed E-state index contributed by atoms with van der Waals surface area (Å²) in [5.74, 6) is -2.24. The second-order valence-corrected chi connectivity index (χ2v) is 6.60. The first-order valence-electron chi connectivity index (χ1n) is 5.58. The van der Waals surface area contributed by atoms with E-state index < -0.39 is 27.7 Å². The number of nitrogens with one attached hydrogen (secondary N) is 1. The fourth-order valence-corrected chi connectivity index (χ4v) is 3.32. The molecule has 1 aromatic carbocycles. The maximum absolute atomic E-state index is 13.1. The molecule has 0 amide bonds. The molecular formula is C11H12F2N2O2S2. The standard InChI is InChI=1S/C11H12F2N2O2S2/c12-8-4-3-7(5-9(8)13)19(16,17)15-10(11(14)18)6-1-2-6/h3-6,10,15H,1-2H2,(H2,14,18). The van der Waals surface area contributed by atoms with Crippen molar-refractivity contribution in [2.24, 2.45) is 11.7 Å². The van der Waals surface area contributed by atoms with Gasteiger partial charge in [0.1, 0.15) is 0 Å². The summed E-state index contributed by atoms with van der Waals surface area (Å²) < 4.78 is 52.2. The molecule has 0 saturated heterocycles. The number of benzene rings is 1. The molecule has 8 heteroatoms. The summed E-state index contributed by atoms with van der Waals surface area (Å²) in [5.41, 5.74) is 5.49. The van der Waals surface area contributed by atoms with Crippen molar-refractivity contribution in [2.75, 3.05) is 0 Å². The molecule has 4 nitrogen and oxygen atoms in total. The number of sulfonamides is 1. The Labute approximate surface area is 115 Å². The number of hydrogen-bond donors (Lipinski definition) is 2. The van der Waals surface area contributed by atoms with Crippen LogP contribution in [0.4, 0.5) is 8.78 Å². The van der Waals surface area contributed by atoms with Gasteiger partial charge in [0, 0.05) is 0 Å². The van der Waals surface area contributed by atoms with Gasteiger partial charge in [0.25, 0.3) is 0 Å². The normalized spacial score (nSPS) is 17.2. The summed E-state index contributed by atoms with van der Waals surface area (Å²) in [7, 11) is -3.97. The molecule has 0 heterocycles. The fourth-order valence-electron chi connectivity index (χ4n) is 1.70. The molecular weight excluding hydrogens is 294 g/mol. The Morgan fingerprint density at radius 2 is 2.00 bits per heavy atom. The van der Waals surface area contributed by atoms with Crippen molar-refractivity contribution in [2.45, 2.75) is 23.8 Å². The van der Waals surface area contributed by atoms with Crippen LogP contribution in [0.25, 0.3) is 0 Å². The van der Waals surface area contributed by atoms with Crippen LogP contribution in [0.15, 0.2) is 23.1 Å². The monoisotopic (exact) mass is 306 g/mol. The van der Waals surface area contributed by atoms with Crippen LogP contribution in [0.3, 0.4) is 0 Å². The Hall–Kier alpha value is -1.12. The first-order chi connectivity index (χ1) is 8.81. The van der Waals surface area contributed by atoms with Crippen LogP contribution in [-0.4, -0.2) is 19.4 Å². The molecule has 1 unspecified atom stereocenters. The Kier molecular flexibility index (Phi) is 3.84. The highest BCUT2D eigenvalue weighted by molar-refractivity contribution is 7.89. The van der Waals surface area contributed by atoms with Gasteiger partial charge in [-0.2, -0.15) is 0 Å². The lowest BCUT2D eigenvalue weighted by molar-refractivity contribution is 0.503. The summed E-state index contributed by atoms with van der Waals surface area (Å²) in [5, 5.41) is 0. The molecule has 1 aromatic rings. The molecule has 0 bridgehead atoms. The summed E-state index contributed by atoms with van der Waals surface area (Å²) >= 11 is 4.81. The van der Waals surface area contributed by atoms with Crippen LogP contribution < -0.4 is 10.5 Å². The predicted molar refractivity (Wildman–Crippen MR) is 70.0 cm³/mol. The highest BCUT2D eigenvalue weighted by atomic mass is 32.2. The van der Waals surface area contributed by atoms with Gasteiger partial charge in [-0.25, -0.2) is 21.9 Å². The van der Waals surface area contributed by atoms with Crippen LogP contribution in [-0.2, 0) is 10.0 Å². The maximum atomic E-state index is 13.1. The third-order valence-corrected chi connectivity index (χ3v) is 4.58. The number of nitrogens with two attached hydrogens (primary N) is 1. The molecule has 1 atom stereocenters. The number of hydrogen-bond acceptors (Lipinski definition) is 3.